The Hall–Kier alpha value is -1.01. The van der Waals surface area contributed by atoms with Gasteiger partial charge in [0.05, 0.1) is 0 Å². The van der Waals surface area contributed by atoms with Crippen LogP contribution in [-0.2, 0) is 6.42 Å². The van der Waals surface area contributed by atoms with Gasteiger partial charge < -0.3 is 0 Å². The molecule has 2 rings (SSSR count). The van der Waals surface area contributed by atoms with Gasteiger partial charge in [-0.05, 0) is 36.0 Å². The minimum atomic E-state index is 0.294. The van der Waals surface area contributed by atoms with Crippen LogP contribution in [-0.4, -0.2) is 0 Å². The van der Waals surface area contributed by atoms with Crippen molar-refractivity contribution >= 4 is 11.6 Å². The molecule has 1 aliphatic carbocycles. The first-order chi connectivity index (χ1) is 7.55. The molecular formula is C15H17Cl. The summed E-state index contributed by atoms with van der Waals surface area (Å²) in [5, 5.41) is 0.823. The number of allylic oxidation sites excluding steroid dienone is 4. The minimum absolute atomic E-state index is 0.294. The van der Waals surface area contributed by atoms with Crippen LogP contribution >= 0.6 is 11.6 Å². The van der Waals surface area contributed by atoms with Crippen LogP contribution in [0.3, 0.4) is 0 Å². The highest BCUT2D eigenvalue weighted by molar-refractivity contribution is 6.30. The van der Waals surface area contributed by atoms with Gasteiger partial charge in [0.15, 0.2) is 0 Å². The van der Waals surface area contributed by atoms with E-state index in [0.717, 1.165) is 17.9 Å². The molecule has 0 atom stereocenters. The van der Waals surface area contributed by atoms with Crippen LogP contribution in [0.4, 0.5) is 0 Å². The van der Waals surface area contributed by atoms with E-state index in [9.17, 15) is 0 Å². The highest BCUT2D eigenvalue weighted by Crippen LogP contribution is 2.32. The summed E-state index contributed by atoms with van der Waals surface area (Å²) in [4.78, 5) is 0. The van der Waals surface area contributed by atoms with Crippen molar-refractivity contribution in [2.24, 2.45) is 5.41 Å². The molecule has 0 aromatic heterocycles. The Morgan fingerprint density at radius 2 is 2.12 bits per heavy atom. The molecule has 0 bridgehead atoms. The third-order valence-corrected chi connectivity index (χ3v) is 3.12. The summed E-state index contributed by atoms with van der Waals surface area (Å²) < 4.78 is 0. The standard InChI is InChI=1S/C15H17Cl/c1-15(2)8-4-6-13(11-15)9-12-5-3-7-14(16)10-12/h3-8,10H,9,11H2,1-2H3. The van der Waals surface area contributed by atoms with Crippen molar-refractivity contribution in [1.29, 1.82) is 0 Å². The molecule has 1 heteroatoms. The van der Waals surface area contributed by atoms with Crippen LogP contribution in [0.25, 0.3) is 0 Å². The zero-order chi connectivity index (χ0) is 11.6. The molecule has 1 aromatic rings. The smallest absolute Gasteiger partial charge is 0.0408 e. The fourth-order valence-corrected chi connectivity index (χ4v) is 2.39. The molecule has 0 N–H and O–H groups in total. The highest BCUT2D eigenvalue weighted by atomic mass is 35.5. The molecule has 0 heterocycles. The van der Waals surface area contributed by atoms with E-state index in [1.54, 1.807) is 0 Å². The maximum absolute atomic E-state index is 5.99. The molecule has 1 aliphatic rings. The molecule has 0 nitrogen and oxygen atoms in total. The van der Waals surface area contributed by atoms with Crippen molar-refractivity contribution in [3.8, 4) is 0 Å². The molecule has 0 saturated heterocycles. The van der Waals surface area contributed by atoms with E-state index in [-0.39, 0.29) is 0 Å². The number of hydrogen-bond acceptors (Lipinski definition) is 0. The molecule has 0 aliphatic heterocycles. The van der Waals surface area contributed by atoms with Gasteiger partial charge in [-0.2, -0.15) is 0 Å². The lowest BCUT2D eigenvalue weighted by molar-refractivity contribution is 0.465. The molecule has 0 saturated carbocycles. The average molecular weight is 233 g/mol. The SMILES string of the molecule is CC1(C)C=CC=C(Cc2cccc(Cl)c2)C1. The van der Waals surface area contributed by atoms with Gasteiger partial charge in [-0.15, -0.1) is 0 Å². The van der Waals surface area contributed by atoms with Crippen molar-refractivity contribution in [1.82, 2.24) is 0 Å². The monoisotopic (exact) mass is 232 g/mol. The average Bonchev–Trinajstić information content (AvgIpc) is 2.15. The molecular weight excluding hydrogens is 216 g/mol. The van der Waals surface area contributed by atoms with E-state index in [4.69, 9.17) is 11.6 Å². The minimum Gasteiger partial charge on any atom is -0.0843 e. The normalized spacial score (nSPS) is 18.3. The van der Waals surface area contributed by atoms with Crippen LogP contribution in [0.5, 0.6) is 0 Å². The van der Waals surface area contributed by atoms with E-state index in [1.807, 2.05) is 18.2 Å². The predicted molar refractivity (Wildman–Crippen MR) is 70.8 cm³/mol. The summed E-state index contributed by atoms with van der Waals surface area (Å²) in [5.74, 6) is 0. The van der Waals surface area contributed by atoms with Gasteiger partial charge in [0.1, 0.15) is 0 Å². The lowest BCUT2D eigenvalue weighted by Gasteiger charge is -2.25. The van der Waals surface area contributed by atoms with Crippen LogP contribution < -0.4 is 0 Å². The summed E-state index contributed by atoms with van der Waals surface area (Å²) in [5.41, 5.74) is 3.07. The lowest BCUT2D eigenvalue weighted by atomic mass is 9.80. The molecule has 0 fully saturated rings. The fourth-order valence-electron chi connectivity index (χ4n) is 2.18. The van der Waals surface area contributed by atoms with Crippen LogP contribution in [0.1, 0.15) is 25.8 Å². The quantitative estimate of drug-likeness (QED) is 0.688. The van der Waals surface area contributed by atoms with E-state index in [0.29, 0.717) is 5.41 Å². The Labute approximate surface area is 103 Å². The van der Waals surface area contributed by atoms with Crippen LogP contribution in [0.2, 0.25) is 5.02 Å². The van der Waals surface area contributed by atoms with Crippen molar-refractivity contribution in [3.63, 3.8) is 0 Å². The first-order valence-electron chi connectivity index (χ1n) is 5.67. The van der Waals surface area contributed by atoms with E-state index < -0.39 is 0 Å². The van der Waals surface area contributed by atoms with Gasteiger partial charge in [0.2, 0.25) is 0 Å². The van der Waals surface area contributed by atoms with Crippen molar-refractivity contribution < 1.29 is 0 Å². The largest absolute Gasteiger partial charge is 0.0843 e. The molecule has 1 aromatic carbocycles. The molecule has 0 amide bonds. The summed E-state index contributed by atoms with van der Waals surface area (Å²) in [6, 6.07) is 8.12. The zero-order valence-electron chi connectivity index (χ0n) is 9.83. The third-order valence-electron chi connectivity index (χ3n) is 2.88. The van der Waals surface area contributed by atoms with Gasteiger partial charge >= 0.3 is 0 Å². The van der Waals surface area contributed by atoms with Crippen molar-refractivity contribution in [2.75, 3.05) is 0 Å². The molecule has 16 heavy (non-hydrogen) atoms. The van der Waals surface area contributed by atoms with Gasteiger partial charge in [-0.3, -0.25) is 0 Å². The second-order valence-corrected chi connectivity index (χ2v) is 5.59. The maximum atomic E-state index is 5.99. The fraction of sp³-hybridized carbons (Fsp3) is 0.333. The first-order valence-corrected chi connectivity index (χ1v) is 6.05. The van der Waals surface area contributed by atoms with Gasteiger partial charge in [-0.1, -0.05) is 61.4 Å². The molecule has 0 spiro atoms. The maximum Gasteiger partial charge on any atom is 0.0408 e. The lowest BCUT2D eigenvalue weighted by Crippen LogP contribution is -2.12. The predicted octanol–water partition coefficient (Wildman–Crippen LogP) is 4.80. The van der Waals surface area contributed by atoms with E-state index >= 15 is 0 Å². The van der Waals surface area contributed by atoms with Gasteiger partial charge in [0, 0.05) is 5.02 Å². The Bertz CT molecular complexity index is 439. The number of benzene rings is 1. The molecule has 0 unspecified atom stereocenters. The summed E-state index contributed by atoms with van der Waals surface area (Å²) in [6.07, 6.45) is 8.81. The van der Waals surface area contributed by atoms with Crippen molar-refractivity contribution in [3.05, 3.63) is 58.7 Å². The van der Waals surface area contributed by atoms with Crippen molar-refractivity contribution in [2.45, 2.75) is 26.7 Å². The van der Waals surface area contributed by atoms with Crippen LogP contribution in [0, 0.1) is 5.41 Å². The Kier molecular flexibility index (Phi) is 3.20. The summed E-state index contributed by atoms with van der Waals surface area (Å²) in [6.45, 7) is 4.54. The number of halogens is 1. The van der Waals surface area contributed by atoms with E-state index in [2.05, 4.69) is 38.1 Å². The Balaban J connectivity index is 2.11. The Morgan fingerprint density at radius 3 is 2.81 bits per heavy atom. The van der Waals surface area contributed by atoms with Gasteiger partial charge in [0.25, 0.3) is 0 Å². The molecule has 84 valence electrons. The summed E-state index contributed by atoms with van der Waals surface area (Å²) in [7, 11) is 0. The highest BCUT2D eigenvalue weighted by Gasteiger charge is 2.18. The summed E-state index contributed by atoms with van der Waals surface area (Å²) >= 11 is 5.99. The van der Waals surface area contributed by atoms with Gasteiger partial charge in [-0.25, -0.2) is 0 Å². The Morgan fingerprint density at radius 1 is 1.31 bits per heavy atom. The molecule has 0 radical (unpaired) electrons. The first kappa shape index (κ1) is 11.5. The van der Waals surface area contributed by atoms with Crippen LogP contribution in [0.15, 0.2) is 48.1 Å². The second-order valence-electron chi connectivity index (χ2n) is 5.16. The topological polar surface area (TPSA) is 0 Å². The second kappa shape index (κ2) is 4.47. The zero-order valence-corrected chi connectivity index (χ0v) is 10.6. The number of rotatable bonds is 2. The van der Waals surface area contributed by atoms with E-state index in [1.165, 1.54) is 11.1 Å². The number of hydrogen-bond donors (Lipinski definition) is 0. The third kappa shape index (κ3) is 2.99.